The minimum absolute atomic E-state index is 0.119. The first kappa shape index (κ1) is 19.1. The fourth-order valence-corrected chi connectivity index (χ4v) is 2.83. The summed E-state index contributed by atoms with van der Waals surface area (Å²) in [5.74, 6) is 0.410. The Morgan fingerprint density at radius 3 is 2.52 bits per heavy atom. The Morgan fingerprint density at radius 1 is 1.28 bits per heavy atom. The van der Waals surface area contributed by atoms with Gasteiger partial charge in [-0.15, -0.1) is 0 Å². The summed E-state index contributed by atoms with van der Waals surface area (Å²) in [5.41, 5.74) is 0.498. The fraction of sp³-hybridized carbons (Fsp3) is 0.579. The van der Waals surface area contributed by atoms with Gasteiger partial charge in [-0.3, -0.25) is 9.59 Å². The number of carbonyl (C=O) groups excluding carboxylic acids is 1. The minimum Gasteiger partial charge on any atom is -0.497 e. The minimum atomic E-state index is -0.783. The van der Waals surface area contributed by atoms with Gasteiger partial charge in [-0.1, -0.05) is 13.8 Å². The van der Waals surface area contributed by atoms with Gasteiger partial charge in [0.2, 0.25) is 0 Å². The molecule has 1 aliphatic heterocycles. The van der Waals surface area contributed by atoms with E-state index in [-0.39, 0.29) is 11.8 Å². The average Bonchev–Trinajstić information content (AvgIpc) is 2.60. The molecule has 1 aliphatic rings. The molecule has 6 nitrogen and oxygen atoms in total. The first-order chi connectivity index (χ1) is 11.9. The van der Waals surface area contributed by atoms with Crippen molar-refractivity contribution in [1.29, 1.82) is 0 Å². The molecule has 1 heterocycles. The number of aliphatic carboxylic acids is 1. The molecule has 0 spiro atoms. The van der Waals surface area contributed by atoms with Crippen LogP contribution in [0.25, 0.3) is 0 Å². The third-order valence-electron chi connectivity index (χ3n) is 4.50. The number of methoxy groups -OCH3 is 1. The molecule has 1 saturated heterocycles. The van der Waals surface area contributed by atoms with Crippen LogP contribution in [0, 0.1) is 11.8 Å². The summed E-state index contributed by atoms with van der Waals surface area (Å²) in [5, 5.41) is 9.09. The molecule has 0 bridgehead atoms. The van der Waals surface area contributed by atoms with Crippen LogP contribution in [0.5, 0.6) is 11.5 Å². The molecule has 2 rings (SSSR count). The van der Waals surface area contributed by atoms with Crippen LogP contribution >= 0.6 is 0 Å². The van der Waals surface area contributed by atoms with Gasteiger partial charge in [0.25, 0.3) is 5.91 Å². The first-order valence-corrected chi connectivity index (χ1v) is 8.75. The molecular formula is C19H27NO5. The van der Waals surface area contributed by atoms with Crippen LogP contribution in [0.4, 0.5) is 0 Å². The summed E-state index contributed by atoms with van der Waals surface area (Å²) in [4.78, 5) is 25.6. The number of rotatable bonds is 7. The van der Waals surface area contributed by atoms with Crippen LogP contribution in [0.3, 0.4) is 0 Å². The third-order valence-corrected chi connectivity index (χ3v) is 4.50. The lowest BCUT2D eigenvalue weighted by Gasteiger charge is -2.30. The molecule has 0 aliphatic carbocycles. The Bertz CT molecular complexity index is 606. The molecule has 0 aromatic heterocycles. The zero-order chi connectivity index (χ0) is 18.4. The van der Waals surface area contributed by atoms with Crippen molar-refractivity contribution in [2.75, 3.05) is 26.8 Å². The highest BCUT2D eigenvalue weighted by molar-refractivity contribution is 5.97. The lowest BCUT2D eigenvalue weighted by molar-refractivity contribution is -0.143. The zero-order valence-electron chi connectivity index (χ0n) is 15.2. The lowest BCUT2D eigenvalue weighted by atomic mass is 9.96. The van der Waals surface area contributed by atoms with Crippen molar-refractivity contribution in [3.63, 3.8) is 0 Å². The van der Waals surface area contributed by atoms with Crippen LogP contribution in [-0.4, -0.2) is 48.7 Å². The highest BCUT2D eigenvalue weighted by atomic mass is 16.5. The highest BCUT2D eigenvalue weighted by Crippen LogP contribution is 2.28. The number of hydrogen-bond donors (Lipinski definition) is 1. The van der Waals surface area contributed by atoms with E-state index < -0.39 is 5.97 Å². The van der Waals surface area contributed by atoms with Gasteiger partial charge in [0.1, 0.15) is 11.5 Å². The second-order valence-corrected chi connectivity index (χ2v) is 6.80. The van der Waals surface area contributed by atoms with Crippen molar-refractivity contribution < 1.29 is 24.2 Å². The van der Waals surface area contributed by atoms with Crippen LogP contribution in [-0.2, 0) is 4.79 Å². The van der Waals surface area contributed by atoms with Gasteiger partial charge in [0.05, 0.1) is 25.2 Å². The number of likely N-dealkylation sites (tertiary alicyclic amines) is 1. The summed E-state index contributed by atoms with van der Waals surface area (Å²) >= 11 is 0. The molecular weight excluding hydrogens is 322 g/mol. The summed E-state index contributed by atoms with van der Waals surface area (Å²) in [7, 11) is 1.57. The molecule has 0 saturated carbocycles. The highest BCUT2D eigenvalue weighted by Gasteiger charge is 2.28. The molecule has 0 unspecified atom stereocenters. The first-order valence-electron chi connectivity index (χ1n) is 8.75. The maximum Gasteiger partial charge on any atom is 0.306 e. The van der Waals surface area contributed by atoms with Crippen molar-refractivity contribution in [1.82, 2.24) is 4.90 Å². The standard InChI is InChI=1S/C19H27NO5/c1-13(2)8-11-25-17-12-15(24-3)4-5-16(17)18(21)20-9-6-14(7-10-20)19(22)23/h4-5,12-14H,6-11H2,1-3H3,(H,22,23). The smallest absolute Gasteiger partial charge is 0.306 e. The number of piperidine rings is 1. The van der Waals surface area contributed by atoms with E-state index in [2.05, 4.69) is 13.8 Å². The van der Waals surface area contributed by atoms with Crippen LogP contribution in [0.2, 0.25) is 0 Å². The Balaban J connectivity index is 2.11. The topological polar surface area (TPSA) is 76.1 Å². The summed E-state index contributed by atoms with van der Waals surface area (Å²) in [6.07, 6.45) is 1.87. The van der Waals surface area contributed by atoms with E-state index in [4.69, 9.17) is 14.6 Å². The molecule has 1 fully saturated rings. The van der Waals surface area contributed by atoms with E-state index >= 15 is 0 Å². The van der Waals surface area contributed by atoms with Crippen LogP contribution in [0.1, 0.15) is 43.5 Å². The monoisotopic (exact) mass is 349 g/mol. The number of nitrogens with zero attached hydrogens (tertiary/aromatic N) is 1. The summed E-state index contributed by atoms with van der Waals surface area (Å²) in [6, 6.07) is 5.19. The number of ether oxygens (including phenoxy) is 2. The fourth-order valence-electron chi connectivity index (χ4n) is 2.83. The number of hydrogen-bond acceptors (Lipinski definition) is 4. The SMILES string of the molecule is COc1ccc(C(=O)N2CCC(C(=O)O)CC2)c(OCCC(C)C)c1. The van der Waals surface area contributed by atoms with Gasteiger partial charge in [0, 0.05) is 19.2 Å². The Morgan fingerprint density at radius 2 is 1.96 bits per heavy atom. The molecule has 25 heavy (non-hydrogen) atoms. The Kier molecular flexibility index (Phi) is 6.67. The van der Waals surface area contributed by atoms with Crippen LogP contribution < -0.4 is 9.47 Å². The zero-order valence-corrected chi connectivity index (χ0v) is 15.2. The number of carboxylic acid groups (broad SMARTS) is 1. The van der Waals surface area contributed by atoms with Crippen molar-refractivity contribution in [2.24, 2.45) is 11.8 Å². The van der Waals surface area contributed by atoms with E-state index in [1.165, 1.54) is 0 Å². The van der Waals surface area contributed by atoms with Gasteiger partial charge in [0.15, 0.2) is 0 Å². The number of carboxylic acids is 1. The normalized spacial score (nSPS) is 15.3. The largest absolute Gasteiger partial charge is 0.497 e. The average molecular weight is 349 g/mol. The number of benzene rings is 1. The molecule has 0 radical (unpaired) electrons. The van der Waals surface area contributed by atoms with Crippen molar-refractivity contribution in [3.8, 4) is 11.5 Å². The van der Waals surface area contributed by atoms with E-state index in [0.29, 0.717) is 55.5 Å². The molecule has 1 aromatic carbocycles. The van der Waals surface area contributed by atoms with Gasteiger partial charge in [-0.05, 0) is 37.3 Å². The van der Waals surface area contributed by atoms with Gasteiger partial charge < -0.3 is 19.5 Å². The second kappa shape index (κ2) is 8.74. The second-order valence-electron chi connectivity index (χ2n) is 6.80. The van der Waals surface area contributed by atoms with Crippen LogP contribution in [0.15, 0.2) is 18.2 Å². The third kappa shape index (κ3) is 5.11. The van der Waals surface area contributed by atoms with E-state index in [9.17, 15) is 9.59 Å². The Labute approximate surface area is 148 Å². The van der Waals surface area contributed by atoms with Crippen molar-refractivity contribution in [3.05, 3.63) is 23.8 Å². The quantitative estimate of drug-likeness (QED) is 0.819. The number of carbonyl (C=O) groups is 2. The van der Waals surface area contributed by atoms with E-state index in [0.717, 1.165) is 6.42 Å². The maximum absolute atomic E-state index is 12.9. The van der Waals surface area contributed by atoms with Gasteiger partial charge >= 0.3 is 5.97 Å². The molecule has 0 atom stereocenters. The predicted octanol–water partition coefficient (Wildman–Crippen LogP) is 3.06. The predicted molar refractivity (Wildman–Crippen MR) is 94.2 cm³/mol. The Hall–Kier alpha value is -2.24. The maximum atomic E-state index is 12.9. The van der Waals surface area contributed by atoms with Crippen molar-refractivity contribution in [2.45, 2.75) is 33.1 Å². The molecule has 1 aromatic rings. The van der Waals surface area contributed by atoms with E-state index in [1.807, 2.05) is 0 Å². The summed E-state index contributed by atoms with van der Waals surface area (Å²) < 4.78 is 11.1. The molecule has 138 valence electrons. The molecule has 1 N–H and O–H groups in total. The molecule has 1 amide bonds. The van der Waals surface area contributed by atoms with E-state index in [1.54, 1.807) is 30.2 Å². The molecule has 6 heteroatoms. The number of amides is 1. The van der Waals surface area contributed by atoms with Gasteiger partial charge in [-0.25, -0.2) is 0 Å². The lowest BCUT2D eigenvalue weighted by Crippen LogP contribution is -2.40. The summed E-state index contributed by atoms with van der Waals surface area (Å²) in [6.45, 7) is 5.67. The van der Waals surface area contributed by atoms with Crippen molar-refractivity contribution >= 4 is 11.9 Å². The van der Waals surface area contributed by atoms with Gasteiger partial charge in [-0.2, -0.15) is 0 Å².